The van der Waals surface area contributed by atoms with E-state index in [-0.39, 0.29) is 23.7 Å². The minimum atomic E-state index is -0.653. The molecular weight excluding hydrogens is 335 g/mol. The van der Waals surface area contributed by atoms with Gasteiger partial charge in [0.2, 0.25) is 5.78 Å². The molecule has 1 amide bonds. The van der Waals surface area contributed by atoms with Gasteiger partial charge in [-0.25, -0.2) is 4.39 Å². The lowest BCUT2D eigenvalue weighted by Crippen LogP contribution is -2.48. The summed E-state index contributed by atoms with van der Waals surface area (Å²) >= 11 is 5.59. The Kier molecular flexibility index (Phi) is 6.71. The first-order chi connectivity index (χ1) is 11.3. The van der Waals surface area contributed by atoms with Crippen LogP contribution in [0.15, 0.2) is 18.2 Å². The molecule has 0 saturated carbocycles. The summed E-state index contributed by atoms with van der Waals surface area (Å²) in [5.74, 6) is -1.85. The number of ketones is 1. The third-order valence-corrected chi connectivity index (χ3v) is 4.12. The molecule has 1 aliphatic rings. The van der Waals surface area contributed by atoms with Crippen molar-refractivity contribution in [2.45, 2.75) is 32.5 Å². The molecule has 5 nitrogen and oxygen atoms in total. The third kappa shape index (κ3) is 5.54. The number of rotatable bonds is 6. The van der Waals surface area contributed by atoms with Crippen molar-refractivity contribution in [1.29, 1.82) is 0 Å². The minimum absolute atomic E-state index is 0.00961. The quantitative estimate of drug-likeness (QED) is 0.790. The van der Waals surface area contributed by atoms with Crippen LogP contribution in [-0.4, -0.2) is 55.0 Å². The second-order valence-electron chi connectivity index (χ2n) is 6.12. The van der Waals surface area contributed by atoms with E-state index in [1.54, 1.807) is 0 Å². The molecule has 2 rings (SSSR count). The Morgan fingerprint density at radius 3 is 2.62 bits per heavy atom. The Labute approximate surface area is 146 Å². The van der Waals surface area contributed by atoms with Gasteiger partial charge in [0.05, 0.1) is 17.2 Å². The fourth-order valence-corrected chi connectivity index (χ4v) is 2.93. The number of amides is 1. The van der Waals surface area contributed by atoms with E-state index in [4.69, 9.17) is 16.3 Å². The molecule has 1 aromatic rings. The van der Waals surface area contributed by atoms with Crippen molar-refractivity contribution in [3.05, 3.63) is 34.6 Å². The molecule has 1 aromatic carbocycles. The van der Waals surface area contributed by atoms with Gasteiger partial charge in [0.15, 0.2) is 0 Å². The zero-order chi connectivity index (χ0) is 17.7. The molecular formula is C17H22ClFN2O3. The highest BCUT2D eigenvalue weighted by atomic mass is 35.5. The van der Waals surface area contributed by atoms with Crippen molar-refractivity contribution in [2.75, 3.05) is 26.2 Å². The maximum absolute atomic E-state index is 13.3. The van der Waals surface area contributed by atoms with Gasteiger partial charge >= 0.3 is 0 Å². The molecule has 1 fully saturated rings. The van der Waals surface area contributed by atoms with Gasteiger partial charge < -0.3 is 10.1 Å². The van der Waals surface area contributed by atoms with E-state index in [1.165, 1.54) is 18.2 Å². The summed E-state index contributed by atoms with van der Waals surface area (Å²) in [6.45, 7) is 6.67. The molecule has 2 atom stereocenters. The van der Waals surface area contributed by atoms with Crippen LogP contribution in [0, 0.1) is 5.82 Å². The van der Waals surface area contributed by atoms with Crippen molar-refractivity contribution >= 4 is 23.3 Å². The fourth-order valence-electron chi connectivity index (χ4n) is 2.81. The van der Waals surface area contributed by atoms with Crippen LogP contribution in [0.1, 0.15) is 19.4 Å². The number of hydrogen-bond donors (Lipinski definition) is 1. The van der Waals surface area contributed by atoms with Gasteiger partial charge in [0, 0.05) is 32.6 Å². The third-order valence-electron chi connectivity index (χ3n) is 3.81. The molecule has 132 valence electrons. The molecule has 7 heteroatoms. The predicted molar refractivity (Wildman–Crippen MR) is 89.6 cm³/mol. The van der Waals surface area contributed by atoms with Crippen molar-refractivity contribution in [2.24, 2.45) is 0 Å². The first-order valence-electron chi connectivity index (χ1n) is 7.98. The summed E-state index contributed by atoms with van der Waals surface area (Å²) in [4.78, 5) is 25.9. The normalized spacial score (nSPS) is 21.5. The number of benzene rings is 1. The van der Waals surface area contributed by atoms with Crippen molar-refractivity contribution in [1.82, 2.24) is 10.2 Å². The van der Waals surface area contributed by atoms with Crippen LogP contribution >= 0.6 is 11.6 Å². The molecule has 1 heterocycles. The Balaban J connectivity index is 1.75. The second-order valence-corrected chi connectivity index (χ2v) is 6.53. The maximum Gasteiger partial charge on any atom is 0.287 e. The first-order valence-corrected chi connectivity index (χ1v) is 8.35. The minimum Gasteiger partial charge on any atom is -0.373 e. The predicted octanol–water partition coefficient (Wildman–Crippen LogP) is 1.82. The largest absolute Gasteiger partial charge is 0.373 e. The average molecular weight is 357 g/mol. The SMILES string of the molecule is CC1CN(CCNC(=O)C(=O)Cc2ccc(Cl)c(F)c2)CC(C)O1. The van der Waals surface area contributed by atoms with Crippen molar-refractivity contribution in [3.8, 4) is 0 Å². The average Bonchev–Trinajstić information content (AvgIpc) is 2.50. The second kappa shape index (κ2) is 8.55. The summed E-state index contributed by atoms with van der Waals surface area (Å²) in [5, 5.41) is 2.61. The van der Waals surface area contributed by atoms with Gasteiger partial charge in [0.1, 0.15) is 5.82 Å². The summed E-state index contributed by atoms with van der Waals surface area (Å²) < 4.78 is 19.0. The highest BCUT2D eigenvalue weighted by molar-refractivity contribution is 6.36. The molecule has 1 aliphatic heterocycles. The van der Waals surface area contributed by atoms with Gasteiger partial charge in [-0.15, -0.1) is 0 Å². The van der Waals surface area contributed by atoms with E-state index in [9.17, 15) is 14.0 Å². The van der Waals surface area contributed by atoms with E-state index in [2.05, 4.69) is 10.2 Å². The molecule has 0 radical (unpaired) electrons. The summed E-state index contributed by atoms with van der Waals surface area (Å²) in [6, 6.07) is 4.08. The highest BCUT2D eigenvalue weighted by Gasteiger charge is 2.22. The lowest BCUT2D eigenvalue weighted by atomic mass is 10.1. The molecule has 0 spiro atoms. The number of carbonyl (C=O) groups excluding carboxylic acids is 2. The van der Waals surface area contributed by atoms with E-state index in [1.807, 2.05) is 13.8 Å². The van der Waals surface area contributed by atoms with Crippen LogP contribution in [0.3, 0.4) is 0 Å². The van der Waals surface area contributed by atoms with E-state index < -0.39 is 17.5 Å². The standard InChI is InChI=1S/C17H22ClFN2O3/c1-11-9-21(10-12(2)24-11)6-5-20-17(23)16(22)8-13-3-4-14(18)15(19)7-13/h3-4,7,11-12H,5-6,8-10H2,1-2H3,(H,20,23). The zero-order valence-electron chi connectivity index (χ0n) is 13.9. The Morgan fingerprint density at radius 1 is 1.33 bits per heavy atom. The number of carbonyl (C=O) groups is 2. The van der Waals surface area contributed by atoms with E-state index >= 15 is 0 Å². The number of nitrogens with zero attached hydrogens (tertiary/aromatic N) is 1. The maximum atomic E-state index is 13.3. The van der Waals surface area contributed by atoms with Gasteiger partial charge in [-0.05, 0) is 31.5 Å². The smallest absolute Gasteiger partial charge is 0.287 e. The van der Waals surface area contributed by atoms with Crippen molar-refractivity contribution in [3.63, 3.8) is 0 Å². The van der Waals surface area contributed by atoms with Gasteiger partial charge in [0.25, 0.3) is 5.91 Å². The van der Waals surface area contributed by atoms with Gasteiger partial charge in [-0.1, -0.05) is 17.7 Å². The van der Waals surface area contributed by atoms with Crippen LogP contribution in [0.4, 0.5) is 4.39 Å². The van der Waals surface area contributed by atoms with Gasteiger partial charge in [-0.3, -0.25) is 14.5 Å². The first kappa shape index (κ1) is 18.8. The Morgan fingerprint density at radius 2 is 2.00 bits per heavy atom. The van der Waals surface area contributed by atoms with Crippen molar-refractivity contribution < 1.29 is 18.7 Å². The van der Waals surface area contributed by atoms with Crippen LogP contribution in [0.2, 0.25) is 5.02 Å². The molecule has 1 saturated heterocycles. The Bertz CT molecular complexity index is 601. The summed E-state index contributed by atoms with van der Waals surface area (Å²) in [5.41, 5.74) is 0.424. The van der Waals surface area contributed by atoms with E-state index in [0.717, 1.165) is 13.1 Å². The zero-order valence-corrected chi connectivity index (χ0v) is 14.6. The molecule has 1 N–H and O–H groups in total. The van der Waals surface area contributed by atoms with Gasteiger partial charge in [-0.2, -0.15) is 0 Å². The van der Waals surface area contributed by atoms with Crippen LogP contribution in [0.25, 0.3) is 0 Å². The number of morpholine rings is 1. The molecule has 24 heavy (non-hydrogen) atoms. The monoisotopic (exact) mass is 356 g/mol. The lowest BCUT2D eigenvalue weighted by Gasteiger charge is -2.35. The molecule has 0 aromatic heterocycles. The molecule has 0 aliphatic carbocycles. The highest BCUT2D eigenvalue weighted by Crippen LogP contribution is 2.16. The van der Waals surface area contributed by atoms with Crippen LogP contribution in [0.5, 0.6) is 0 Å². The lowest BCUT2D eigenvalue weighted by molar-refractivity contribution is -0.137. The van der Waals surface area contributed by atoms with Crippen LogP contribution in [-0.2, 0) is 20.7 Å². The van der Waals surface area contributed by atoms with Crippen LogP contribution < -0.4 is 5.32 Å². The number of hydrogen-bond acceptors (Lipinski definition) is 4. The molecule has 2 unspecified atom stereocenters. The molecule has 0 bridgehead atoms. The van der Waals surface area contributed by atoms with E-state index in [0.29, 0.717) is 18.7 Å². The summed E-state index contributed by atoms with van der Waals surface area (Å²) in [6.07, 6.45) is 0.169. The summed E-state index contributed by atoms with van der Waals surface area (Å²) in [7, 11) is 0. The topological polar surface area (TPSA) is 58.6 Å². The number of Topliss-reactive ketones (excluding diaryl/α,β-unsaturated/α-hetero) is 1. The fraction of sp³-hybridized carbons (Fsp3) is 0.529. The Hall–Kier alpha value is -1.50. The number of halogens is 2. The number of nitrogens with one attached hydrogen (secondary N) is 1. The number of ether oxygens (including phenoxy) is 1.